The van der Waals surface area contributed by atoms with E-state index in [-0.39, 0.29) is 11.9 Å². The van der Waals surface area contributed by atoms with Crippen LogP contribution in [-0.4, -0.2) is 57.9 Å². The molecule has 2 heterocycles. The molecule has 0 radical (unpaired) electrons. The van der Waals surface area contributed by atoms with Crippen LogP contribution in [0.1, 0.15) is 6.92 Å². The number of aromatic nitrogens is 2. The molecular formula is C11H15N5O2. The van der Waals surface area contributed by atoms with Crippen LogP contribution in [0.2, 0.25) is 0 Å². The van der Waals surface area contributed by atoms with Gasteiger partial charge in [0.25, 0.3) is 0 Å². The molecule has 0 bridgehead atoms. The largest absolute Gasteiger partial charge is 0.339 e. The van der Waals surface area contributed by atoms with E-state index in [1.807, 2.05) is 0 Å². The SMILES string of the molecule is CC(=O)N1CCN(C(=O)Nc2cnccn2)CC1. The number of hydrogen-bond acceptors (Lipinski definition) is 4. The molecule has 0 spiro atoms. The Morgan fingerprint density at radius 3 is 2.39 bits per heavy atom. The van der Waals surface area contributed by atoms with E-state index in [1.54, 1.807) is 16.0 Å². The number of piperazine rings is 1. The zero-order chi connectivity index (χ0) is 13.0. The Balaban J connectivity index is 1.86. The lowest BCUT2D eigenvalue weighted by Gasteiger charge is -2.33. The molecule has 0 aliphatic carbocycles. The number of nitrogens with zero attached hydrogens (tertiary/aromatic N) is 4. The molecule has 1 N–H and O–H groups in total. The third-order valence-corrected chi connectivity index (χ3v) is 2.81. The van der Waals surface area contributed by atoms with Crippen molar-refractivity contribution in [3.63, 3.8) is 0 Å². The number of anilines is 1. The van der Waals surface area contributed by atoms with Crippen LogP contribution in [0.4, 0.5) is 10.6 Å². The summed E-state index contributed by atoms with van der Waals surface area (Å²) in [5.41, 5.74) is 0. The van der Waals surface area contributed by atoms with Crippen molar-refractivity contribution < 1.29 is 9.59 Å². The van der Waals surface area contributed by atoms with Crippen molar-refractivity contribution in [1.82, 2.24) is 19.8 Å². The predicted molar refractivity (Wildman–Crippen MR) is 64.9 cm³/mol. The van der Waals surface area contributed by atoms with Gasteiger partial charge in [-0.15, -0.1) is 0 Å². The summed E-state index contributed by atoms with van der Waals surface area (Å²) in [5.74, 6) is 0.473. The molecule has 3 amide bonds. The molecule has 1 aromatic heterocycles. The van der Waals surface area contributed by atoms with Crippen LogP contribution in [-0.2, 0) is 4.79 Å². The Labute approximate surface area is 105 Å². The van der Waals surface area contributed by atoms with E-state index in [1.165, 1.54) is 19.3 Å². The Morgan fingerprint density at radius 1 is 1.17 bits per heavy atom. The van der Waals surface area contributed by atoms with E-state index in [9.17, 15) is 9.59 Å². The van der Waals surface area contributed by atoms with Crippen LogP contribution in [0.3, 0.4) is 0 Å². The molecule has 1 aliphatic heterocycles. The van der Waals surface area contributed by atoms with Gasteiger partial charge in [-0.2, -0.15) is 0 Å². The Morgan fingerprint density at radius 2 is 1.83 bits per heavy atom. The lowest BCUT2D eigenvalue weighted by Crippen LogP contribution is -2.51. The van der Waals surface area contributed by atoms with Crippen molar-refractivity contribution in [1.29, 1.82) is 0 Å². The third kappa shape index (κ3) is 2.93. The molecule has 0 unspecified atom stereocenters. The summed E-state index contributed by atoms with van der Waals surface area (Å²) >= 11 is 0. The summed E-state index contributed by atoms with van der Waals surface area (Å²) in [6, 6.07) is -0.210. The number of hydrogen-bond donors (Lipinski definition) is 1. The molecule has 0 atom stereocenters. The summed E-state index contributed by atoms with van der Waals surface area (Å²) in [6.45, 7) is 3.75. The minimum Gasteiger partial charge on any atom is -0.339 e. The van der Waals surface area contributed by atoms with E-state index in [0.717, 1.165) is 0 Å². The van der Waals surface area contributed by atoms with E-state index < -0.39 is 0 Å². The van der Waals surface area contributed by atoms with Crippen molar-refractivity contribution >= 4 is 17.8 Å². The molecule has 0 aromatic carbocycles. The van der Waals surface area contributed by atoms with Crippen LogP contribution < -0.4 is 5.32 Å². The second-order valence-electron chi connectivity index (χ2n) is 4.01. The molecule has 96 valence electrons. The normalized spacial score (nSPS) is 15.4. The van der Waals surface area contributed by atoms with Crippen LogP contribution >= 0.6 is 0 Å². The summed E-state index contributed by atoms with van der Waals surface area (Å²) in [4.78, 5) is 34.3. The monoisotopic (exact) mass is 249 g/mol. The number of carbonyl (C=O) groups excluding carboxylic acids is 2. The number of urea groups is 1. The molecule has 1 saturated heterocycles. The second kappa shape index (κ2) is 5.44. The van der Waals surface area contributed by atoms with Crippen molar-refractivity contribution in [2.75, 3.05) is 31.5 Å². The Bertz CT molecular complexity index is 428. The van der Waals surface area contributed by atoms with Crippen molar-refractivity contribution in [3.8, 4) is 0 Å². The highest BCUT2D eigenvalue weighted by atomic mass is 16.2. The lowest BCUT2D eigenvalue weighted by molar-refractivity contribution is -0.130. The molecule has 7 heteroatoms. The molecule has 1 aliphatic rings. The molecule has 2 rings (SSSR count). The fourth-order valence-electron chi connectivity index (χ4n) is 1.78. The van der Waals surface area contributed by atoms with Gasteiger partial charge in [0.2, 0.25) is 5.91 Å². The second-order valence-corrected chi connectivity index (χ2v) is 4.01. The Kier molecular flexibility index (Phi) is 3.71. The van der Waals surface area contributed by atoms with Crippen LogP contribution in [0, 0.1) is 0 Å². The first kappa shape index (κ1) is 12.3. The zero-order valence-electron chi connectivity index (χ0n) is 10.2. The highest BCUT2D eigenvalue weighted by molar-refractivity contribution is 5.88. The number of rotatable bonds is 1. The summed E-state index contributed by atoms with van der Waals surface area (Å²) in [6.07, 6.45) is 4.55. The maximum Gasteiger partial charge on any atom is 0.323 e. The van der Waals surface area contributed by atoms with E-state index in [2.05, 4.69) is 15.3 Å². The Hall–Kier alpha value is -2.18. The van der Waals surface area contributed by atoms with Gasteiger partial charge >= 0.3 is 6.03 Å². The number of amides is 3. The molecular weight excluding hydrogens is 234 g/mol. The van der Waals surface area contributed by atoms with Gasteiger partial charge in [0, 0.05) is 45.5 Å². The molecule has 1 aromatic rings. The fourth-order valence-corrected chi connectivity index (χ4v) is 1.78. The van der Waals surface area contributed by atoms with Gasteiger partial charge in [0.05, 0.1) is 6.20 Å². The van der Waals surface area contributed by atoms with Gasteiger partial charge in [0.15, 0.2) is 5.82 Å². The zero-order valence-corrected chi connectivity index (χ0v) is 10.2. The first-order valence-corrected chi connectivity index (χ1v) is 5.74. The minimum atomic E-state index is -0.210. The van der Waals surface area contributed by atoms with Gasteiger partial charge in [-0.25, -0.2) is 9.78 Å². The van der Waals surface area contributed by atoms with Crippen molar-refractivity contribution in [3.05, 3.63) is 18.6 Å². The third-order valence-electron chi connectivity index (χ3n) is 2.81. The first-order valence-electron chi connectivity index (χ1n) is 5.74. The summed E-state index contributed by atoms with van der Waals surface area (Å²) in [5, 5.41) is 2.67. The number of carbonyl (C=O) groups is 2. The topological polar surface area (TPSA) is 78.4 Å². The average Bonchev–Trinajstić information content (AvgIpc) is 2.40. The van der Waals surface area contributed by atoms with E-state index in [0.29, 0.717) is 32.0 Å². The predicted octanol–water partition coefficient (Wildman–Crippen LogP) is 0.173. The fraction of sp³-hybridized carbons (Fsp3) is 0.455. The quantitative estimate of drug-likeness (QED) is 0.769. The lowest BCUT2D eigenvalue weighted by atomic mass is 10.3. The van der Waals surface area contributed by atoms with Gasteiger partial charge in [-0.3, -0.25) is 15.1 Å². The molecule has 7 nitrogen and oxygen atoms in total. The molecule has 18 heavy (non-hydrogen) atoms. The standard InChI is InChI=1S/C11H15N5O2/c1-9(17)15-4-6-16(7-5-15)11(18)14-10-8-12-2-3-13-10/h2-3,8H,4-7H2,1H3,(H,13,14,18). The van der Waals surface area contributed by atoms with Gasteiger partial charge in [-0.1, -0.05) is 0 Å². The van der Waals surface area contributed by atoms with E-state index >= 15 is 0 Å². The van der Waals surface area contributed by atoms with Gasteiger partial charge < -0.3 is 9.80 Å². The molecule has 0 saturated carbocycles. The van der Waals surface area contributed by atoms with Crippen LogP contribution in [0.5, 0.6) is 0 Å². The van der Waals surface area contributed by atoms with Crippen LogP contribution in [0.15, 0.2) is 18.6 Å². The molecule has 1 fully saturated rings. The van der Waals surface area contributed by atoms with Crippen molar-refractivity contribution in [2.45, 2.75) is 6.92 Å². The smallest absolute Gasteiger partial charge is 0.323 e. The highest BCUT2D eigenvalue weighted by Crippen LogP contribution is 2.05. The summed E-state index contributed by atoms with van der Waals surface area (Å²) in [7, 11) is 0. The average molecular weight is 249 g/mol. The number of nitrogens with one attached hydrogen (secondary N) is 1. The first-order chi connectivity index (χ1) is 8.66. The highest BCUT2D eigenvalue weighted by Gasteiger charge is 2.22. The minimum absolute atomic E-state index is 0.0454. The van der Waals surface area contributed by atoms with Gasteiger partial charge in [0.1, 0.15) is 0 Å². The maximum atomic E-state index is 11.9. The van der Waals surface area contributed by atoms with Crippen molar-refractivity contribution in [2.24, 2.45) is 0 Å². The van der Waals surface area contributed by atoms with Crippen LogP contribution in [0.25, 0.3) is 0 Å². The summed E-state index contributed by atoms with van der Waals surface area (Å²) < 4.78 is 0. The maximum absolute atomic E-state index is 11.9. The van der Waals surface area contributed by atoms with Gasteiger partial charge in [-0.05, 0) is 0 Å². The van der Waals surface area contributed by atoms with E-state index in [4.69, 9.17) is 0 Å².